The number of nitrogens with one attached hydrogen (secondary N) is 1. The second-order valence-corrected chi connectivity index (χ2v) is 6.49. The lowest BCUT2D eigenvalue weighted by atomic mass is 10.1. The summed E-state index contributed by atoms with van der Waals surface area (Å²) in [7, 11) is 0. The standard InChI is InChI=1S/C20H22N2O2/c1-12(2)19(23)21-11-15-5-7-16(8-6-15)20-22-17-9-13(3)14(4)10-18(17)24-20/h5-10,12H,11H2,1-4H3,(H,21,23). The van der Waals surface area contributed by atoms with E-state index < -0.39 is 0 Å². The zero-order chi connectivity index (χ0) is 17.3. The highest BCUT2D eigenvalue weighted by atomic mass is 16.3. The molecular formula is C20H22N2O2. The quantitative estimate of drug-likeness (QED) is 0.775. The molecule has 3 aromatic rings. The summed E-state index contributed by atoms with van der Waals surface area (Å²) >= 11 is 0. The maximum atomic E-state index is 11.6. The monoisotopic (exact) mass is 322 g/mol. The van der Waals surface area contributed by atoms with Gasteiger partial charge in [-0.25, -0.2) is 4.98 Å². The van der Waals surface area contributed by atoms with E-state index in [1.165, 1.54) is 11.1 Å². The van der Waals surface area contributed by atoms with Gasteiger partial charge in [0.2, 0.25) is 11.8 Å². The van der Waals surface area contributed by atoms with E-state index >= 15 is 0 Å². The van der Waals surface area contributed by atoms with Crippen molar-refractivity contribution in [1.82, 2.24) is 10.3 Å². The van der Waals surface area contributed by atoms with Gasteiger partial charge in [-0.2, -0.15) is 0 Å². The highest BCUT2D eigenvalue weighted by Crippen LogP contribution is 2.26. The molecule has 0 saturated heterocycles. The Hall–Kier alpha value is -2.62. The van der Waals surface area contributed by atoms with Crippen molar-refractivity contribution in [2.45, 2.75) is 34.2 Å². The summed E-state index contributed by atoms with van der Waals surface area (Å²) in [5, 5.41) is 2.91. The molecule has 0 atom stereocenters. The summed E-state index contributed by atoms with van der Waals surface area (Å²) in [6.07, 6.45) is 0. The van der Waals surface area contributed by atoms with Gasteiger partial charge in [0.15, 0.2) is 5.58 Å². The molecule has 3 rings (SSSR count). The molecule has 0 aliphatic rings. The third-order valence-electron chi connectivity index (χ3n) is 4.20. The summed E-state index contributed by atoms with van der Waals surface area (Å²) in [6.45, 7) is 8.44. The van der Waals surface area contributed by atoms with E-state index in [1.54, 1.807) is 0 Å². The average Bonchev–Trinajstić information content (AvgIpc) is 2.96. The lowest BCUT2D eigenvalue weighted by Crippen LogP contribution is -2.27. The Bertz CT molecular complexity index is 838. The Balaban J connectivity index is 1.79. The number of hydrogen-bond donors (Lipinski definition) is 1. The zero-order valence-electron chi connectivity index (χ0n) is 14.5. The molecular weight excluding hydrogens is 300 g/mol. The number of benzene rings is 2. The van der Waals surface area contributed by atoms with E-state index in [1.807, 2.05) is 50.2 Å². The number of nitrogens with zero attached hydrogens (tertiary/aromatic N) is 1. The van der Waals surface area contributed by atoms with Crippen LogP contribution in [0.5, 0.6) is 0 Å². The number of aryl methyl sites for hydroxylation is 2. The van der Waals surface area contributed by atoms with Crippen LogP contribution in [0.25, 0.3) is 22.6 Å². The van der Waals surface area contributed by atoms with Crippen molar-refractivity contribution in [1.29, 1.82) is 0 Å². The van der Waals surface area contributed by atoms with E-state index in [0.29, 0.717) is 12.4 Å². The van der Waals surface area contributed by atoms with Gasteiger partial charge in [0.05, 0.1) is 0 Å². The predicted molar refractivity (Wildman–Crippen MR) is 95.6 cm³/mol. The number of rotatable bonds is 4. The molecule has 0 aliphatic heterocycles. The molecule has 0 unspecified atom stereocenters. The lowest BCUT2D eigenvalue weighted by Gasteiger charge is -2.07. The third kappa shape index (κ3) is 3.32. The fourth-order valence-electron chi connectivity index (χ4n) is 2.46. The zero-order valence-corrected chi connectivity index (χ0v) is 14.5. The first kappa shape index (κ1) is 16.2. The van der Waals surface area contributed by atoms with Crippen molar-refractivity contribution in [3.05, 3.63) is 53.1 Å². The second-order valence-electron chi connectivity index (χ2n) is 6.49. The van der Waals surface area contributed by atoms with Gasteiger partial charge in [-0.3, -0.25) is 4.79 Å². The minimum absolute atomic E-state index is 0.00376. The fourth-order valence-corrected chi connectivity index (χ4v) is 2.46. The summed E-state index contributed by atoms with van der Waals surface area (Å²) in [6, 6.07) is 12.0. The Labute approximate surface area is 141 Å². The van der Waals surface area contributed by atoms with Crippen LogP contribution in [0.2, 0.25) is 0 Å². The minimum Gasteiger partial charge on any atom is -0.436 e. The van der Waals surface area contributed by atoms with Crippen molar-refractivity contribution < 1.29 is 9.21 Å². The minimum atomic E-state index is -0.00376. The van der Waals surface area contributed by atoms with Crippen LogP contribution in [0.4, 0.5) is 0 Å². The number of carbonyl (C=O) groups is 1. The number of amides is 1. The van der Waals surface area contributed by atoms with Crippen LogP contribution in [0, 0.1) is 19.8 Å². The molecule has 4 heteroatoms. The van der Waals surface area contributed by atoms with Crippen LogP contribution in [0.15, 0.2) is 40.8 Å². The molecule has 4 nitrogen and oxygen atoms in total. The average molecular weight is 322 g/mol. The summed E-state index contributed by atoms with van der Waals surface area (Å²) in [4.78, 5) is 16.2. The van der Waals surface area contributed by atoms with Gasteiger partial charge in [-0.05, 0) is 54.8 Å². The van der Waals surface area contributed by atoms with Crippen molar-refractivity contribution in [2.75, 3.05) is 0 Å². The third-order valence-corrected chi connectivity index (χ3v) is 4.20. The van der Waals surface area contributed by atoms with Crippen molar-refractivity contribution in [2.24, 2.45) is 5.92 Å². The molecule has 0 spiro atoms. The maximum absolute atomic E-state index is 11.6. The topological polar surface area (TPSA) is 55.1 Å². The van der Waals surface area contributed by atoms with Crippen molar-refractivity contribution in [3.8, 4) is 11.5 Å². The summed E-state index contributed by atoms with van der Waals surface area (Å²) in [5.41, 5.74) is 6.07. The molecule has 1 N–H and O–H groups in total. The molecule has 24 heavy (non-hydrogen) atoms. The Kier molecular flexibility index (Phi) is 4.38. The SMILES string of the molecule is Cc1cc2nc(-c3ccc(CNC(=O)C(C)C)cc3)oc2cc1C. The first-order valence-electron chi connectivity index (χ1n) is 8.19. The molecule has 1 aromatic heterocycles. The molecule has 2 aromatic carbocycles. The Morgan fingerprint density at radius 2 is 1.79 bits per heavy atom. The molecule has 124 valence electrons. The molecule has 1 heterocycles. The second kappa shape index (κ2) is 6.48. The molecule has 0 radical (unpaired) electrons. The van der Waals surface area contributed by atoms with Gasteiger partial charge in [-0.1, -0.05) is 26.0 Å². The van der Waals surface area contributed by atoms with Crippen LogP contribution < -0.4 is 5.32 Å². The molecule has 0 aliphatic carbocycles. The molecule has 1 amide bonds. The number of hydrogen-bond acceptors (Lipinski definition) is 3. The smallest absolute Gasteiger partial charge is 0.227 e. The molecule has 0 fully saturated rings. The Morgan fingerprint density at radius 3 is 2.46 bits per heavy atom. The van der Waals surface area contributed by atoms with Crippen molar-refractivity contribution >= 4 is 17.0 Å². The van der Waals surface area contributed by atoms with E-state index in [9.17, 15) is 4.79 Å². The lowest BCUT2D eigenvalue weighted by molar-refractivity contribution is -0.124. The number of aromatic nitrogens is 1. The van der Waals surface area contributed by atoms with Gasteiger partial charge in [0, 0.05) is 18.0 Å². The number of oxazole rings is 1. The first-order valence-corrected chi connectivity index (χ1v) is 8.19. The largest absolute Gasteiger partial charge is 0.436 e. The van der Waals surface area contributed by atoms with Gasteiger partial charge in [-0.15, -0.1) is 0 Å². The van der Waals surface area contributed by atoms with E-state index in [4.69, 9.17) is 4.42 Å². The predicted octanol–water partition coefficient (Wildman–Crippen LogP) is 4.38. The van der Waals surface area contributed by atoms with Gasteiger partial charge in [0.25, 0.3) is 0 Å². The summed E-state index contributed by atoms with van der Waals surface area (Å²) < 4.78 is 5.88. The van der Waals surface area contributed by atoms with Crippen molar-refractivity contribution in [3.63, 3.8) is 0 Å². The van der Waals surface area contributed by atoms with Crippen LogP contribution in [0.3, 0.4) is 0 Å². The van der Waals surface area contributed by atoms with E-state index in [2.05, 4.69) is 24.1 Å². The highest BCUT2D eigenvalue weighted by Gasteiger charge is 2.10. The van der Waals surface area contributed by atoms with Gasteiger partial charge >= 0.3 is 0 Å². The van der Waals surface area contributed by atoms with Crippen LogP contribution in [0.1, 0.15) is 30.5 Å². The maximum Gasteiger partial charge on any atom is 0.227 e. The Morgan fingerprint density at radius 1 is 1.12 bits per heavy atom. The summed E-state index contributed by atoms with van der Waals surface area (Å²) in [5.74, 6) is 0.674. The number of fused-ring (bicyclic) bond motifs is 1. The van der Waals surface area contributed by atoms with E-state index in [-0.39, 0.29) is 11.8 Å². The van der Waals surface area contributed by atoms with Crippen LogP contribution in [-0.2, 0) is 11.3 Å². The van der Waals surface area contributed by atoms with Gasteiger partial charge in [0.1, 0.15) is 5.52 Å². The van der Waals surface area contributed by atoms with Gasteiger partial charge < -0.3 is 9.73 Å². The van der Waals surface area contributed by atoms with E-state index in [0.717, 1.165) is 22.2 Å². The van der Waals surface area contributed by atoms with Crippen LogP contribution in [-0.4, -0.2) is 10.9 Å². The first-order chi connectivity index (χ1) is 11.4. The molecule has 0 saturated carbocycles. The van der Waals surface area contributed by atoms with Crippen LogP contribution >= 0.6 is 0 Å². The highest BCUT2D eigenvalue weighted by molar-refractivity contribution is 5.78. The number of carbonyl (C=O) groups excluding carboxylic acids is 1. The normalized spacial score (nSPS) is 11.2. The fraction of sp³-hybridized carbons (Fsp3) is 0.300. The molecule has 0 bridgehead atoms.